The van der Waals surface area contributed by atoms with Crippen LogP contribution >= 0.6 is 0 Å². The molecule has 0 aliphatic heterocycles. The van der Waals surface area contributed by atoms with Crippen molar-refractivity contribution in [2.45, 2.75) is 6.42 Å². The number of carbonyl (C=O) groups excluding carboxylic acids is 1. The average Bonchev–Trinajstić information content (AvgIpc) is 2.56. The number of non-ortho nitro benzene ring substituents is 1. The fourth-order valence-corrected chi connectivity index (χ4v) is 1.83. The molecule has 0 spiro atoms. The molecule has 7 nitrogen and oxygen atoms in total. The molecule has 0 saturated carbocycles. The molecule has 0 unspecified atom stereocenters. The van der Waals surface area contributed by atoms with E-state index in [-0.39, 0.29) is 18.0 Å². The number of nitrogens with zero attached hydrogens (tertiary/aromatic N) is 2. The second-order valence-electron chi connectivity index (χ2n) is 4.67. The number of hydrogen-bond donors (Lipinski definition) is 1. The first-order chi connectivity index (χ1) is 11.1. The number of carbonyl (C=O) groups is 1. The predicted octanol–water partition coefficient (Wildman–Crippen LogP) is 2.30. The lowest BCUT2D eigenvalue weighted by Gasteiger charge is -2.02. The largest absolute Gasteiger partial charge is 0.497 e. The van der Waals surface area contributed by atoms with Gasteiger partial charge in [0.05, 0.1) is 24.7 Å². The lowest BCUT2D eigenvalue weighted by molar-refractivity contribution is -0.384. The molecule has 0 fully saturated rings. The highest BCUT2D eigenvalue weighted by Gasteiger charge is 2.04. The monoisotopic (exact) mass is 313 g/mol. The van der Waals surface area contributed by atoms with Crippen molar-refractivity contribution in [3.63, 3.8) is 0 Å². The highest BCUT2D eigenvalue weighted by molar-refractivity contribution is 5.83. The van der Waals surface area contributed by atoms with Gasteiger partial charge in [0.2, 0.25) is 5.91 Å². The van der Waals surface area contributed by atoms with Crippen LogP contribution in [0, 0.1) is 10.1 Å². The van der Waals surface area contributed by atoms with Gasteiger partial charge in [-0.05, 0) is 35.4 Å². The fraction of sp³-hybridized carbons (Fsp3) is 0.125. The summed E-state index contributed by atoms with van der Waals surface area (Å²) in [5, 5.41) is 14.4. The van der Waals surface area contributed by atoms with Crippen LogP contribution in [-0.2, 0) is 11.2 Å². The van der Waals surface area contributed by atoms with E-state index in [9.17, 15) is 14.9 Å². The Hall–Kier alpha value is -3.22. The lowest BCUT2D eigenvalue weighted by atomic mass is 10.1. The first-order valence-corrected chi connectivity index (χ1v) is 6.78. The van der Waals surface area contributed by atoms with Crippen LogP contribution in [0.25, 0.3) is 0 Å². The van der Waals surface area contributed by atoms with Crippen LogP contribution in [0.1, 0.15) is 11.1 Å². The minimum atomic E-state index is -0.475. The molecular weight excluding hydrogens is 298 g/mol. The van der Waals surface area contributed by atoms with Crippen molar-refractivity contribution >= 4 is 17.8 Å². The second kappa shape index (κ2) is 7.69. The van der Waals surface area contributed by atoms with Crippen LogP contribution < -0.4 is 10.2 Å². The van der Waals surface area contributed by atoms with Crippen molar-refractivity contribution in [3.05, 3.63) is 69.8 Å². The zero-order valence-electron chi connectivity index (χ0n) is 12.4. The van der Waals surface area contributed by atoms with E-state index in [0.29, 0.717) is 5.56 Å². The van der Waals surface area contributed by atoms with Crippen LogP contribution in [-0.4, -0.2) is 24.2 Å². The Morgan fingerprint density at radius 3 is 2.43 bits per heavy atom. The van der Waals surface area contributed by atoms with Gasteiger partial charge in [0, 0.05) is 12.1 Å². The van der Waals surface area contributed by atoms with Crippen molar-refractivity contribution in [2.75, 3.05) is 7.11 Å². The van der Waals surface area contributed by atoms with Gasteiger partial charge in [0.15, 0.2) is 0 Å². The molecule has 0 aliphatic carbocycles. The maximum absolute atomic E-state index is 11.8. The number of benzene rings is 2. The standard InChI is InChI=1S/C16H15N3O4/c1-23-15-8-4-12(5-9-15)10-16(20)18-17-11-13-2-6-14(7-3-13)19(21)22/h2-9,11H,10H2,1H3,(H,18,20)/b17-11+. The number of nitrogens with one attached hydrogen (secondary N) is 1. The van der Waals surface area contributed by atoms with E-state index in [0.717, 1.165) is 11.3 Å². The van der Waals surface area contributed by atoms with Crippen LogP contribution in [0.3, 0.4) is 0 Å². The Morgan fingerprint density at radius 1 is 1.22 bits per heavy atom. The molecule has 23 heavy (non-hydrogen) atoms. The maximum Gasteiger partial charge on any atom is 0.269 e. The van der Waals surface area contributed by atoms with Gasteiger partial charge in [-0.25, -0.2) is 5.43 Å². The quantitative estimate of drug-likeness (QED) is 0.503. The Balaban J connectivity index is 1.86. The molecule has 0 atom stereocenters. The summed E-state index contributed by atoms with van der Waals surface area (Å²) in [5.41, 5.74) is 3.91. The van der Waals surface area contributed by atoms with Crippen molar-refractivity contribution in [1.29, 1.82) is 0 Å². The average molecular weight is 313 g/mol. The first kappa shape index (κ1) is 16.2. The van der Waals surface area contributed by atoms with E-state index in [1.807, 2.05) is 0 Å². The van der Waals surface area contributed by atoms with Crippen molar-refractivity contribution in [3.8, 4) is 5.75 Å². The number of rotatable bonds is 6. The molecular formula is C16H15N3O4. The number of methoxy groups -OCH3 is 1. The molecule has 0 aliphatic rings. The molecule has 118 valence electrons. The van der Waals surface area contributed by atoms with Gasteiger partial charge >= 0.3 is 0 Å². The summed E-state index contributed by atoms with van der Waals surface area (Å²) in [4.78, 5) is 21.8. The van der Waals surface area contributed by atoms with E-state index in [4.69, 9.17) is 4.74 Å². The van der Waals surface area contributed by atoms with E-state index in [1.54, 1.807) is 43.5 Å². The highest BCUT2D eigenvalue weighted by atomic mass is 16.6. The predicted molar refractivity (Wildman–Crippen MR) is 85.5 cm³/mol. The fourth-order valence-electron chi connectivity index (χ4n) is 1.83. The Labute approximate surface area is 132 Å². The molecule has 0 radical (unpaired) electrons. The van der Waals surface area contributed by atoms with Crippen molar-refractivity contribution in [2.24, 2.45) is 5.10 Å². The summed E-state index contributed by atoms with van der Waals surface area (Å²) in [7, 11) is 1.58. The number of amides is 1. The Kier molecular flexibility index (Phi) is 5.40. The number of ether oxygens (including phenoxy) is 1. The summed E-state index contributed by atoms with van der Waals surface area (Å²) in [6, 6.07) is 13.0. The molecule has 0 aromatic heterocycles. The smallest absolute Gasteiger partial charge is 0.269 e. The van der Waals surface area contributed by atoms with Crippen LogP contribution in [0.5, 0.6) is 5.75 Å². The molecule has 0 saturated heterocycles. The number of nitro benzene ring substituents is 1. The van der Waals surface area contributed by atoms with E-state index in [1.165, 1.54) is 18.3 Å². The number of nitro groups is 1. The molecule has 1 amide bonds. The third-order valence-electron chi connectivity index (χ3n) is 3.03. The van der Waals surface area contributed by atoms with Gasteiger partial charge in [-0.2, -0.15) is 5.10 Å². The highest BCUT2D eigenvalue weighted by Crippen LogP contribution is 2.12. The normalized spacial score (nSPS) is 10.5. The van der Waals surface area contributed by atoms with Gasteiger partial charge in [-0.3, -0.25) is 14.9 Å². The van der Waals surface area contributed by atoms with Gasteiger partial charge in [0.1, 0.15) is 5.75 Å². The Bertz CT molecular complexity index is 709. The summed E-state index contributed by atoms with van der Waals surface area (Å²) >= 11 is 0. The maximum atomic E-state index is 11.8. The van der Waals surface area contributed by atoms with Crippen LogP contribution in [0.4, 0.5) is 5.69 Å². The minimum Gasteiger partial charge on any atom is -0.497 e. The number of hydrogen-bond acceptors (Lipinski definition) is 5. The topological polar surface area (TPSA) is 93.8 Å². The molecule has 1 N–H and O–H groups in total. The minimum absolute atomic E-state index is 0.00527. The SMILES string of the molecule is COc1ccc(CC(=O)N/N=C/c2ccc([N+](=O)[O-])cc2)cc1. The zero-order valence-corrected chi connectivity index (χ0v) is 12.4. The summed E-state index contributed by atoms with van der Waals surface area (Å²) < 4.78 is 5.04. The molecule has 2 aromatic rings. The van der Waals surface area contributed by atoms with E-state index < -0.39 is 4.92 Å². The second-order valence-corrected chi connectivity index (χ2v) is 4.67. The van der Waals surface area contributed by atoms with E-state index in [2.05, 4.69) is 10.5 Å². The van der Waals surface area contributed by atoms with Crippen LogP contribution in [0.2, 0.25) is 0 Å². The van der Waals surface area contributed by atoms with Crippen molar-refractivity contribution < 1.29 is 14.5 Å². The van der Waals surface area contributed by atoms with Gasteiger partial charge < -0.3 is 4.74 Å². The van der Waals surface area contributed by atoms with Gasteiger partial charge in [0.25, 0.3) is 5.69 Å². The van der Waals surface area contributed by atoms with E-state index >= 15 is 0 Å². The third kappa shape index (κ3) is 4.92. The zero-order chi connectivity index (χ0) is 16.7. The lowest BCUT2D eigenvalue weighted by Crippen LogP contribution is -2.19. The number of hydrazone groups is 1. The third-order valence-corrected chi connectivity index (χ3v) is 3.03. The summed E-state index contributed by atoms with van der Waals surface area (Å²) in [5.74, 6) is 0.471. The first-order valence-electron chi connectivity index (χ1n) is 6.78. The summed E-state index contributed by atoms with van der Waals surface area (Å²) in [6.45, 7) is 0. The molecule has 7 heteroatoms. The van der Waals surface area contributed by atoms with Crippen molar-refractivity contribution in [1.82, 2.24) is 5.43 Å². The van der Waals surface area contributed by atoms with Crippen LogP contribution in [0.15, 0.2) is 53.6 Å². The molecule has 0 heterocycles. The van der Waals surface area contributed by atoms with Gasteiger partial charge in [-0.15, -0.1) is 0 Å². The van der Waals surface area contributed by atoms with Gasteiger partial charge in [-0.1, -0.05) is 12.1 Å². The Morgan fingerprint density at radius 2 is 1.87 bits per heavy atom. The molecule has 2 rings (SSSR count). The summed E-state index contributed by atoms with van der Waals surface area (Å²) in [6.07, 6.45) is 1.62. The molecule has 0 bridgehead atoms. The molecule has 2 aromatic carbocycles.